The number of benzene rings is 1. The molecular weight excluding hydrogens is 332 g/mol. The fraction of sp³-hybridized carbons (Fsp3) is 0.435. The number of aryl methyl sites for hydroxylation is 2. The molecule has 4 heteroatoms. The van der Waals surface area contributed by atoms with Crippen LogP contribution in [0.3, 0.4) is 0 Å². The number of pyridine rings is 1. The molecule has 2 heterocycles. The zero-order valence-electron chi connectivity index (χ0n) is 16.5. The SMILES string of the molecule is CCCCN(C)Cc1c(-c2ccc3c(c2)CCCC3)nc2ccc(N)cn12. The number of imidazole rings is 1. The number of nitrogens with zero attached hydrogens (tertiary/aromatic N) is 3. The van der Waals surface area contributed by atoms with E-state index in [-0.39, 0.29) is 0 Å². The molecule has 2 N–H and O–H groups in total. The van der Waals surface area contributed by atoms with E-state index in [9.17, 15) is 0 Å². The third-order valence-corrected chi connectivity index (χ3v) is 5.68. The van der Waals surface area contributed by atoms with Crippen LogP contribution in [-0.2, 0) is 19.4 Å². The second-order valence-electron chi connectivity index (χ2n) is 7.88. The van der Waals surface area contributed by atoms with E-state index in [1.165, 1.54) is 60.9 Å². The Morgan fingerprint density at radius 2 is 1.93 bits per heavy atom. The van der Waals surface area contributed by atoms with Gasteiger partial charge in [0.1, 0.15) is 5.65 Å². The predicted octanol–water partition coefficient (Wildman–Crippen LogP) is 4.69. The molecule has 0 unspecified atom stereocenters. The van der Waals surface area contributed by atoms with E-state index in [0.29, 0.717) is 0 Å². The zero-order valence-corrected chi connectivity index (χ0v) is 16.5. The second-order valence-corrected chi connectivity index (χ2v) is 7.88. The number of hydrogen-bond acceptors (Lipinski definition) is 3. The van der Waals surface area contributed by atoms with Crippen LogP contribution in [0.5, 0.6) is 0 Å². The number of unbranched alkanes of at least 4 members (excludes halogenated alkanes) is 1. The molecular formula is C23H30N4. The van der Waals surface area contributed by atoms with Gasteiger partial charge in [-0.1, -0.05) is 25.5 Å². The molecule has 0 saturated heterocycles. The summed E-state index contributed by atoms with van der Waals surface area (Å²) in [4.78, 5) is 7.37. The highest BCUT2D eigenvalue weighted by molar-refractivity contribution is 5.68. The highest BCUT2D eigenvalue weighted by Gasteiger charge is 2.18. The lowest BCUT2D eigenvalue weighted by Gasteiger charge is -2.18. The Morgan fingerprint density at radius 1 is 1.11 bits per heavy atom. The van der Waals surface area contributed by atoms with E-state index in [0.717, 1.165) is 30.1 Å². The van der Waals surface area contributed by atoms with Crippen LogP contribution >= 0.6 is 0 Å². The summed E-state index contributed by atoms with van der Waals surface area (Å²) in [6, 6.07) is 10.9. The maximum atomic E-state index is 6.08. The van der Waals surface area contributed by atoms with Crippen LogP contribution in [0.15, 0.2) is 36.5 Å². The van der Waals surface area contributed by atoms with Gasteiger partial charge < -0.3 is 15.0 Å². The van der Waals surface area contributed by atoms with Crippen molar-refractivity contribution in [3.8, 4) is 11.3 Å². The minimum absolute atomic E-state index is 0.773. The van der Waals surface area contributed by atoms with Gasteiger partial charge in [0.05, 0.1) is 11.4 Å². The Morgan fingerprint density at radius 3 is 2.74 bits per heavy atom. The Bertz CT molecular complexity index is 941. The third-order valence-electron chi connectivity index (χ3n) is 5.68. The molecule has 0 atom stereocenters. The summed E-state index contributed by atoms with van der Waals surface area (Å²) in [6.07, 6.45) is 9.44. The Hall–Kier alpha value is -2.33. The van der Waals surface area contributed by atoms with Crippen molar-refractivity contribution in [1.29, 1.82) is 0 Å². The lowest BCUT2D eigenvalue weighted by atomic mass is 9.90. The standard InChI is InChI=1S/C23H30N4/c1-3-4-13-26(2)16-21-23(25-22-12-11-20(24)15-27(21)22)19-10-9-17-7-5-6-8-18(17)14-19/h9-12,14-15H,3-8,13,16,24H2,1-2H3. The first kappa shape index (κ1) is 18.1. The van der Waals surface area contributed by atoms with Crippen LogP contribution in [0.4, 0.5) is 5.69 Å². The molecule has 142 valence electrons. The third kappa shape index (κ3) is 3.72. The number of hydrogen-bond donors (Lipinski definition) is 1. The quantitative estimate of drug-likeness (QED) is 0.692. The normalized spacial score (nSPS) is 14.0. The minimum Gasteiger partial charge on any atom is -0.398 e. The first-order valence-corrected chi connectivity index (χ1v) is 10.2. The van der Waals surface area contributed by atoms with Crippen molar-refractivity contribution in [2.75, 3.05) is 19.3 Å². The molecule has 0 amide bonds. The molecule has 4 nitrogen and oxygen atoms in total. The maximum absolute atomic E-state index is 6.08. The van der Waals surface area contributed by atoms with Gasteiger partial charge in [0.2, 0.25) is 0 Å². The lowest BCUT2D eigenvalue weighted by molar-refractivity contribution is 0.316. The summed E-state index contributed by atoms with van der Waals surface area (Å²) in [5, 5.41) is 0. The van der Waals surface area contributed by atoms with Gasteiger partial charge in [-0.3, -0.25) is 0 Å². The second kappa shape index (κ2) is 7.73. The molecule has 1 aromatic carbocycles. The summed E-state index contributed by atoms with van der Waals surface area (Å²) in [6.45, 7) is 4.20. The van der Waals surface area contributed by atoms with Gasteiger partial charge in [0.25, 0.3) is 0 Å². The van der Waals surface area contributed by atoms with Crippen molar-refractivity contribution in [3.05, 3.63) is 53.3 Å². The fourth-order valence-corrected chi connectivity index (χ4v) is 4.14. The number of rotatable bonds is 6. The molecule has 27 heavy (non-hydrogen) atoms. The van der Waals surface area contributed by atoms with Gasteiger partial charge in [-0.25, -0.2) is 4.98 Å². The minimum atomic E-state index is 0.773. The van der Waals surface area contributed by atoms with Crippen molar-refractivity contribution in [1.82, 2.24) is 14.3 Å². The van der Waals surface area contributed by atoms with Crippen LogP contribution in [0.2, 0.25) is 0 Å². The van der Waals surface area contributed by atoms with E-state index in [4.69, 9.17) is 10.7 Å². The van der Waals surface area contributed by atoms with Gasteiger partial charge in [-0.2, -0.15) is 0 Å². The fourth-order valence-electron chi connectivity index (χ4n) is 4.14. The summed E-state index contributed by atoms with van der Waals surface area (Å²) < 4.78 is 2.17. The number of nitrogen functional groups attached to an aromatic ring is 1. The van der Waals surface area contributed by atoms with Crippen molar-refractivity contribution < 1.29 is 0 Å². The number of nitrogens with two attached hydrogens (primary N) is 1. The van der Waals surface area contributed by atoms with E-state index in [1.807, 2.05) is 18.3 Å². The van der Waals surface area contributed by atoms with Crippen LogP contribution in [-0.4, -0.2) is 27.9 Å². The van der Waals surface area contributed by atoms with Gasteiger partial charge in [0, 0.05) is 24.0 Å². The molecule has 0 bridgehead atoms. The maximum Gasteiger partial charge on any atom is 0.137 e. The topological polar surface area (TPSA) is 46.6 Å². The number of aromatic nitrogens is 2. The molecule has 0 spiro atoms. The highest BCUT2D eigenvalue weighted by Crippen LogP contribution is 2.30. The molecule has 3 aromatic rings. The highest BCUT2D eigenvalue weighted by atomic mass is 15.1. The zero-order chi connectivity index (χ0) is 18.8. The first-order valence-electron chi connectivity index (χ1n) is 10.2. The Balaban J connectivity index is 1.78. The lowest BCUT2D eigenvalue weighted by Crippen LogP contribution is -2.20. The molecule has 4 rings (SSSR count). The predicted molar refractivity (Wildman–Crippen MR) is 113 cm³/mol. The van der Waals surface area contributed by atoms with Crippen LogP contribution < -0.4 is 5.73 Å². The van der Waals surface area contributed by atoms with Crippen molar-refractivity contribution in [2.45, 2.75) is 52.0 Å². The van der Waals surface area contributed by atoms with E-state index >= 15 is 0 Å². The molecule has 1 aliphatic carbocycles. The molecule has 0 aliphatic heterocycles. The van der Waals surface area contributed by atoms with Crippen molar-refractivity contribution in [2.24, 2.45) is 0 Å². The van der Waals surface area contributed by atoms with Crippen LogP contribution in [0.1, 0.15) is 49.4 Å². The van der Waals surface area contributed by atoms with Crippen molar-refractivity contribution >= 4 is 11.3 Å². The average Bonchev–Trinajstić information content (AvgIpc) is 3.03. The molecule has 0 fully saturated rings. The van der Waals surface area contributed by atoms with Crippen molar-refractivity contribution in [3.63, 3.8) is 0 Å². The summed E-state index contributed by atoms with van der Waals surface area (Å²) in [7, 11) is 2.19. The number of anilines is 1. The van der Waals surface area contributed by atoms with Crippen LogP contribution in [0.25, 0.3) is 16.9 Å². The molecule has 0 saturated carbocycles. The van der Waals surface area contributed by atoms with Gasteiger partial charge >= 0.3 is 0 Å². The van der Waals surface area contributed by atoms with Gasteiger partial charge in [-0.05, 0) is 75.0 Å². The Kier molecular flexibility index (Phi) is 5.17. The summed E-state index contributed by atoms with van der Waals surface area (Å²) >= 11 is 0. The first-order chi connectivity index (χ1) is 13.2. The summed E-state index contributed by atoms with van der Waals surface area (Å²) in [5.41, 5.74) is 14.4. The molecule has 2 aromatic heterocycles. The van der Waals surface area contributed by atoms with Gasteiger partial charge in [0.15, 0.2) is 0 Å². The average molecular weight is 363 g/mol. The number of fused-ring (bicyclic) bond motifs is 2. The van der Waals surface area contributed by atoms with E-state index in [1.54, 1.807) is 0 Å². The molecule has 1 aliphatic rings. The smallest absolute Gasteiger partial charge is 0.137 e. The largest absolute Gasteiger partial charge is 0.398 e. The van der Waals surface area contributed by atoms with E-state index in [2.05, 4.69) is 41.5 Å². The molecule has 0 radical (unpaired) electrons. The monoisotopic (exact) mass is 362 g/mol. The Labute approximate surface area is 162 Å². The van der Waals surface area contributed by atoms with Crippen LogP contribution in [0, 0.1) is 0 Å². The summed E-state index contributed by atoms with van der Waals surface area (Å²) in [5.74, 6) is 0. The van der Waals surface area contributed by atoms with Gasteiger partial charge in [-0.15, -0.1) is 0 Å². The van der Waals surface area contributed by atoms with E-state index < -0.39 is 0 Å².